The fraction of sp³-hybridized carbons (Fsp3) is 0.385. The van der Waals surface area contributed by atoms with Crippen molar-refractivity contribution in [1.82, 2.24) is 20.1 Å². The summed E-state index contributed by atoms with van der Waals surface area (Å²) in [6.07, 6.45) is 5.60. The summed E-state index contributed by atoms with van der Waals surface area (Å²) in [6.45, 7) is 5.31. The van der Waals surface area contributed by atoms with Crippen LogP contribution < -0.4 is 17.7 Å². The van der Waals surface area contributed by atoms with E-state index in [0.717, 1.165) is 6.54 Å². The molecule has 0 saturated heterocycles. The van der Waals surface area contributed by atoms with Crippen molar-refractivity contribution < 1.29 is 13.8 Å². The van der Waals surface area contributed by atoms with E-state index in [4.69, 9.17) is 0 Å². The second kappa shape index (κ2) is 5.08. The summed E-state index contributed by atoms with van der Waals surface area (Å²) in [4.78, 5) is 4.06. The molecule has 1 aliphatic heterocycles. The SMILES string of the molecule is CC1Cn2ncc(-c3ccncc3)c2C(C)N1.[Cl-].[H+]. The Labute approximate surface area is 114 Å². The Balaban J connectivity index is 0.000000902. The van der Waals surface area contributed by atoms with Gasteiger partial charge in [0.1, 0.15) is 0 Å². The molecule has 2 atom stereocenters. The van der Waals surface area contributed by atoms with Crippen molar-refractivity contribution in [3.05, 3.63) is 36.4 Å². The minimum atomic E-state index is 0. The van der Waals surface area contributed by atoms with E-state index in [0.29, 0.717) is 12.1 Å². The highest BCUT2D eigenvalue weighted by Gasteiger charge is 2.24. The molecular weight excluding hydrogens is 248 g/mol. The van der Waals surface area contributed by atoms with Crippen LogP contribution in [0, 0.1) is 0 Å². The van der Waals surface area contributed by atoms with Gasteiger partial charge in [-0.3, -0.25) is 9.67 Å². The molecule has 1 N–H and O–H groups in total. The average Bonchev–Trinajstić information content (AvgIpc) is 2.74. The molecule has 0 radical (unpaired) electrons. The molecule has 18 heavy (non-hydrogen) atoms. The van der Waals surface area contributed by atoms with Crippen molar-refractivity contribution in [1.29, 1.82) is 0 Å². The summed E-state index contributed by atoms with van der Waals surface area (Å²) >= 11 is 0. The number of nitrogens with zero attached hydrogens (tertiary/aromatic N) is 3. The molecule has 4 nitrogen and oxygen atoms in total. The van der Waals surface area contributed by atoms with Crippen LogP contribution in [0.4, 0.5) is 0 Å². The third-order valence-electron chi connectivity index (χ3n) is 3.26. The summed E-state index contributed by atoms with van der Waals surface area (Å²) < 4.78 is 2.11. The standard InChI is InChI=1S/C13H16N4.ClH/c1-9-8-17-13(10(2)16-9)12(7-15-17)11-3-5-14-6-4-11;/h3-7,9-10,16H,8H2,1-2H3;1H. The normalized spacial score (nSPS) is 22.1. The first-order valence-corrected chi connectivity index (χ1v) is 5.98. The second-order valence-electron chi connectivity index (χ2n) is 4.65. The highest BCUT2D eigenvalue weighted by Crippen LogP contribution is 2.30. The first-order chi connectivity index (χ1) is 8.25. The minimum Gasteiger partial charge on any atom is -1.00 e. The molecule has 0 aliphatic carbocycles. The van der Waals surface area contributed by atoms with Gasteiger partial charge in [-0.05, 0) is 31.5 Å². The zero-order chi connectivity index (χ0) is 11.8. The number of hydrogen-bond acceptors (Lipinski definition) is 3. The van der Waals surface area contributed by atoms with Crippen LogP contribution in [0.3, 0.4) is 0 Å². The predicted octanol–water partition coefficient (Wildman–Crippen LogP) is -0.886. The maximum Gasteiger partial charge on any atom is 1.00 e. The van der Waals surface area contributed by atoms with Gasteiger partial charge >= 0.3 is 1.43 Å². The van der Waals surface area contributed by atoms with Crippen LogP contribution in [-0.4, -0.2) is 20.8 Å². The van der Waals surface area contributed by atoms with E-state index >= 15 is 0 Å². The molecule has 2 unspecified atom stereocenters. The van der Waals surface area contributed by atoms with Crippen LogP contribution in [0.2, 0.25) is 0 Å². The number of nitrogens with one attached hydrogen (secondary N) is 1. The predicted molar refractivity (Wildman–Crippen MR) is 67.6 cm³/mol. The Morgan fingerprint density at radius 2 is 2.06 bits per heavy atom. The lowest BCUT2D eigenvalue weighted by atomic mass is 10.0. The van der Waals surface area contributed by atoms with E-state index < -0.39 is 0 Å². The van der Waals surface area contributed by atoms with Gasteiger partial charge in [-0.15, -0.1) is 0 Å². The van der Waals surface area contributed by atoms with Crippen LogP contribution >= 0.6 is 0 Å². The zero-order valence-electron chi connectivity index (χ0n) is 11.5. The molecule has 0 amide bonds. The Morgan fingerprint density at radius 1 is 1.33 bits per heavy atom. The van der Waals surface area contributed by atoms with E-state index in [2.05, 4.69) is 33.9 Å². The molecule has 2 aromatic rings. The fourth-order valence-electron chi connectivity index (χ4n) is 2.57. The van der Waals surface area contributed by atoms with E-state index in [-0.39, 0.29) is 13.8 Å². The topological polar surface area (TPSA) is 42.7 Å². The lowest BCUT2D eigenvalue weighted by Crippen LogP contribution is -3.00. The smallest absolute Gasteiger partial charge is 1.00 e. The Hall–Kier alpha value is -1.39. The van der Waals surface area contributed by atoms with Crippen LogP contribution in [0.15, 0.2) is 30.7 Å². The molecule has 0 fully saturated rings. The van der Waals surface area contributed by atoms with E-state index in [1.165, 1.54) is 16.8 Å². The highest BCUT2D eigenvalue weighted by atomic mass is 35.5. The van der Waals surface area contributed by atoms with Crippen molar-refractivity contribution in [2.24, 2.45) is 0 Å². The van der Waals surface area contributed by atoms with Crippen molar-refractivity contribution in [2.75, 3.05) is 0 Å². The lowest BCUT2D eigenvalue weighted by molar-refractivity contribution is -0.00000392. The van der Waals surface area contributed by atoms with Gasteiger partial charge < -0.3 is 17.7 Å². The Morgan fingerprint density at radius 3 is 2.78 bits per heavy atom. The second-order valence-corrected chi connectivity index (χ2v) is 4.65. The number of aromatic nitrogens is 3. The van der Waals surface area contributed by atoms with Crippen molar-refractivity contribution in [2.45, 2.75) is 32.5 Å². The van der Waals surface area contributed by atoms with E-state index in [1.807, 2.05) is 30.7 Å². The zero-order valence-corrected chi connectivity index (χ0v) is 11.2. The highest BCUT2D eigenvalue weighted by molar-refractivity contribution is 5.65. The average molecular weight is 265 g/mol. The fourth-order valence-corrected chi connectivity index (χ4v) is 2.57. The van der Waals surface area contributed by atoms with Crippen molar-refractivity contribution in [3.8, 4) is 11.1 Å². The Bertz CT molecular complexity index is 529. The number of pyridine rings is 1. The lowest BCUT2D eigenvalue weighted by Gasteiger charge is -2.28. The van der Waals surface area contributed by atoms with Gasteiger partial charge in [0.05, 0.1) is 18.4 Å². The molecular formula is C13H17ClN4. The Kier molecular flexibility index (Phi) is 3.68. The van der Waals surface area contributed by atoms with Crippen LogP contribution in [0.1, 0.15) is 27.0 Å². The summed E-state index contributed by atoms with van der Waals surface area (Å²) in [7, 11) is 0. The maximum atomic E-state index is 4.49. The monoisotopic (exact) mass is 264 g/mol. The van der Waals surface area contributed by atoms with E-state index in [9.17, 15) is 0 Å². The van der Waals surface area contributed by atoms with Gasteiger partial charge in [0, 0.05) is 30.0 Å². The first kappa shape index (κ1) is 13.1. The summed E-state index contributed by atoms with van der Waals surface area (Å²) in [5.41, 5.74) is 3.66. The third kappa shape index (κ3) is 2.13. The number of hydrogen-bond donors (Lipinski definition) is 1. The molecule has 0 spiro atoms. The largest absolute Gasteiger partial charge is 1.00 e. The van der Waals surface area contributed by atoms with Crippen LogP contribution in [0.5, 0.6) is 0 Å². The van der Waals surface area contributed by atoms with E-state index in [1.54, 1.807) is 0 Å². The van der Waals surface area contributed by atoms with Gasteiger partial charge in [0.25, 0.3) is 0 Å². The maximum absolute atomic E-state index is 4.49. The number of halogens is 1. The number of rotatable bonds is 1. The van der Waals surface area contributed by atoms with Gasteiger partial charge in [-0.1, -0.05) is 0 Å². The summed E-state index contributed by atoms with van der Waals surface area (Å²) in [6, 6.07) is 4.87. The molecule has 0 bridgehead atoms. The van der Waals surface area contributed by atoms with Crippen molar-refractivity contribution >= 4 is 0 Å². The summed E-state index contributed by atoms with van der Waals surface area (Å²) in [5, 5.41) is 8.05. The van der Waals surface area contributed by atoms with Gasteiger partial charge in [-0.25, -0.2) is 0 Å². The molecule has 2 aromatic heterocycles. The first-order valence-electron chi connectivity index (χ1n) is 5.98. The molecule has 0 saturated carbocycles. The third-order valence-corrected chi connectivity index (χ3v) is 3.26. The van der Waals surface area contributed by atoms with Gasteiger partial charge in [0.2, 0.25) is 0 Å². The molecule has 3 rings (SSSR count). The van der Waals surface area contributed by atoms with Crippen LogP contribution in [-0.2, 0) is 6.54 Å². The summed E-state index contributed by atoms with van der Waals surface area (Å²) in [5.74, 6) is 0. The minimum absolute atomic E-state index is 0. The molecule has 5 heteroatoms. The van der Waals surface area contributed by atoms with Gasteiger partial charge in [0.15, 0.2) is 0 Å². The number of fused-ring (bicyclic) bond motifs is 1. The van der Waals surface area contributed by atoms with Gasteiger partial charge in [-0.2, -0.15) is 5.10 Å². The molecule has 3 heterocycles. The molecule has 1 aliphatic rings. The molecule has 96 valence electrons. The quantitative estimate of drug-likeness (QED) is 0.727. The molecule has 0 aromatic carbocycles. The van der Waals surface area contributed by atoms with Crippen LogP contribution in [0.25, 0.3) is 11.1 Å². The van der Waals surface area contributed by atoms with Crippen molar-refractivity contribution in [3.63, 3.8) is 0 Å².